The van der Waals surface area contributed by atoms with Crippen molar-refractivity contribution in [3.05, 3.63) is 98.7 Å². The molecule has 2 aliphatic heterocycles. The standard InChI is InChI=1S/C26H14BrClFNO5/c27-13-6-8-14(9-7-13)30-24(33)19-20(25(30)34)26(22(31)15-3-1-2-4-16(15)23(26)32)35-21(19)12-5-10-18(29)17(28)11-12/h1-11,19-21H/t19-,20-,21+/m1/s1. The normalized spacial score (nSPS) is 24.4. The van der Waals surface area contributed by atoms with E-state index in [9.17, 15) is 23.6 Å². The average Bonchev–Trinajstić information content (AvgIpc) is 3.42. The van der Waals surface area contributed by atoms with Crippen LogP contribution in [0.15, 0.2) is 71.2 Å². The Balaban J connectivity index is 1.55. The third kappa shape index (κ3) is 2.90. The molecule has 1 aliphatic carbocycles. The van der Waals surface area contributed by atoms with Crippen LogP contribution in [0.2, 0.25) is 5.02 Å². The Kier molecular flexibility index (Phi) is 4.87. The molecule has 0 aromatic heterocycles. The van der Waals surface area contributed by atoms with Crippen molar-refractivity contribution >= 4 is 56.6 Å². The molecule has 3 aliphatic rings. The fourth-order valence-electron chi connectivity index (χ4n) is 5.35. The van der Waals surface area contributed by atoms with Gasteiger partial charge in [-0.25, -0.2) is 9.29 Å². The third-order valence-corrected chi connectivity index (χ3v) is 7.69. The fraction of sp³-hybridized carbons (Fsp3) is 0.154. The highest BCUT2D eigenvalue weighted by Crippen LogP contribution is 2.57. The summed E-state index contributed by atoms with van der Waals surface area (Å²) in [7, 11) is 0. The zero-order valence-electron chi connectivity index (χ0n) is 17.7. The van der Waals surface area contributed by atoms with Gasteiger partial charge < -0.3 is 4.74 Å². The average molecular weight is 555 g/mol. The summed E-state index contributed by atoms with van der Waals surface area (Å²) in [6, 6.07) is 16.5. The summed E-state index contributed by atoms with van der Waals surface area (Å²) < 4.78 is 20.8. The van der Waals surface area contributed by atoms with Gasteiger partial charge in [0, 0.05) is 15.6 Å². The minimum absolute atomic E-state index is 0.136. The van der Waals surface area contributed by atoms with E-state index in [1.54, 1.807) is 36.4 Å². The Hall–Kier alpha value is -3.20. The molecule has 0 N–H and O–H groups in total. The van der Waals surface area contributed by atoms with Crippen molar-refractivity contribution in [1.82, 2.24) is 0 Å². The minimum Gasteiger partial charge on any atom is -0.349 e. The number of ether oxygens (including phenoxy) is 1. The van der Waals surface area contributed by atoms with Crippen molar-refractivity contribution in [2.75, 3.05) is 4.90 Å². The number of carbonyl (C=O) groups excluding carboxylic acids is 4. The minimum atomic E-state index is -2.20. The first-order chi connectivity index (χ1) is 16.8. The first-order valence-corrected chi connectivity index (χ1v) is 11.9. The lowest BCUT2D eigenvalue weighted by Crippen LogP contribution is -2.51. The number of nitrogens with zero attached hydrogens (tertiary/aromatic N) is 1. The first-order valence-electron chi connectivity index (χ1n) is 10.7. The molecule has 0 saturated carbocycles. The molecule has 3 aromatic rings. The predicted octanol–water partition coefficient (Wildman–Crippen LogP) is 4.94. The molecule has 6 rings (SSSR count). The number of rotatable bonds is 2. The molecule has 35 heavy (non-hydrogen) atoms. The SMILES string of the molecule is O=C1[C@H]2[C@H](c3ccc(F)c(Cl)c3)OC3(C(=O)c4ccccc4C3=O)[C@H]2C(=O)N1c1ccc(Br)cc1. The molecule has 2 saturated heterocycles. The molecule has 3 atom stereocenters. The molecule has 0 bridgehead atoms. The number of Topliss-reactive ketones (excluding diaryl/α,β-unsaturated/α-hetero) is 2. The van der Waals surface area contributed by atoms with E-state index in [-0.39, 0.29) is 16.1 Å². The second-order valence-electron chi connectivity index (χ2n) is 8.64. The van der Waals surface area contributed by atoms with Crippen LogP contribution < -0.4 is 4.90 Å². The van der Waals surface area contributed by atoms with Crippen LogP contribution in [0.5, 0.6) is 0 Å². The van der Waals surface area contributed by atoms with Gasteiger partial charge in [0.25, 0.3) is 0 Å². The fourth-order valence-corrected chi connectivity index (χ4v) is 5.81. The van der Waals surface area contributed by atoms with Gasteiger partial charge in [-0.3, -0.25) is 19.2 Å². The van der Waals surface area contributed by atoms with Crippen molar-refractivity contribution in [3.63, 3.8) is 0 Å². The summed E-state index contributed by atoms with van der Waals surface area (Å²) in [6.07, 6.45) is -1.17. The van der Waals surface area contributed by atoms with Gasteiger partial charge in [0.2, 0.25) is 29.0 Å². The van der Waals surface area contributed by atoms with Gasteiger partial charge in [0.15, 0.2) is 0 Å². The number of hydrogen-bond acceptors (Lipinski definition) is 5. The molecule has 0 unspecified atom stereocenters. The van der Waals surface area contributed by atoms with E-state index >= 15 is 0 Å². The summed E-state index contributed by atoms with van der Waals surface area (Å²) in [5.74, 6) is -5.89. The number of imide groups is 1. The van der Waals surface area contributed by atoms with Crippen molar-refractivity contribution in [2.24, 2.45) is 11.8 Å². The Labute approximate surface area is 211 Å². The molecule has 0 radical (unpaired) electrons. The van der Waals surface area contributed by atoms with Crippen LogP contribution in [-0.4, -0.2) is 29.0 Å². The molecule has 2 heterocycles. The summed E-state index contributed by atoms with van der Waals surface area (Å²) in [4.78, 5) is 55.9. The Morgan fingerprint density at radius 2 is 1.51 bits per heavy atom. The number of ketones is 2. The maximum absolute atomic E-state index is 13.9. The summed E-state index contributed by atoms with van der Waals surface area (Å²) >= 11 is 9.32. The van der Waals surface area contributed by atoms with Gasteiger partial charge in [0.05, 0.1) is 28.6 Å². The van der Waals surface area contributed by atoms with E-state index in [4.69, 9.17) is 16.3 Å². The number of halogens is 3. The van der Waals surface area contributed by atoms with Gasteiger partial charge >= 0.3 is 0 Å². The van der Waals surface area contributed by atoms with Gasteiger partial charge in [-0.1, -0.05) is 57.9 Å². The summed E-state index contributed by atoms with van der Waals surface area (Å²) in [5.41, 5.74) is -1.33. The monoisotopic (exact) mass is 553 g/mol. The van der Waals surface area contributed by atoms with Crippen LogP contribution >= 0.6 is 27.5 Å². The van der Waals surface area contributed by atoms with Crippen LogP contribution in [-0.2, 0) is 14.3 Å². The highest BCUT2D eigenvalue weighted by Gasteiger charge is 2.74. The molecule has 174 valence electrons. The van der Waals surface area contributed by atoms with Crippen molar-refractivity contribution in [2.45, 2.75) is 11.7 Å². The highest BCUT2D eigenvalue weighted by molar-refractivity contribution is 9.10. The Morgan fingerprint density at radius 3 is 2.11 bits per heavy atom. The number of fused-ring (bicyclic) bond motifs is 3. The smallest absolute Gasteiger partial charge is 0.241 e. The van der Waals surface area contributed by atoms with Crippen LogP contribution in [0.3, 0.4) is 0 Å². The number of hydrogen-bond donors (Lipinski definition) is 0. The lowest BCUT2D eigenvalue weighted by molar-refractivity contribution is -0.127. The van der Waals surface area contributed by atoms with E-state index in [1.165, 1.54) is 24.3 Å². The number of amides is 2. The quantitative estimate of drug-likeness (QED) is 0.331. The summed E-state index contributed by atoms with van der Waals surface area (Å²) in [6.45, 7) is 0. The molecule has 2 amide bonds. The van der Waals surface area contributed by atoms with Crippen molar-refractivity contribution in [3.8, 4) is 0 Å². The van der Waals surface area contributed by atoms with Crippen LogP contribution in [0.1, 0.15) is 32.4 Å². The topological polar surface area (TPSA) is 80.8 Å². The van der Waals surface area contributed by atoms with Crippen LogP contribution in [0, 0.1) is 17.7 Å². The summed E-state index contributed by atoms with van der Waals surface area (Å²) in [5, 5.41) is -0.211. The number of anilines is 1. The van der Waals surface area contributed by atoms with Crippen molar-refractivity contribution < 1.29 is 28.3 Å². The van der Waals surface area contributed by atoms with Crippen molar-refractivity contribution in [1.29, 1.82) is 0 Å². The largest absolute Gasteiger partial charge is 0.349 e. The van der Waals surface area contributed by atoms with Crippen LogP contribution in [0.4, 0.5) is 10.1 Å². The van der Waals surface area contributed by atoms with E-state index < -0.39 is 52.7 Å². The molecule has 9 heteroatoms. The maximum atomic E-state index is 13.9. The zero-order chi connectivity index (χ0) is 24.6. The van der Waals surface area contributed by atoms with Gasteiger partial charge in [-0.2, -0.15) is 0 Å². The lowest BCUT2D eigenvalue weighted by Gasteiger charge is -2.27. The molecule has 3 aromatic carbocycles. The molecule has 6 nitrogen and oxygen atoms in total. The first kappa shape index (κ1) is 22.3. The zero-order valence-corrected chi connectivity index (χ0v) is 20.0. The highest BCUT2D eigenvalue weighted by atomic mass is 79.9. The van der Waals surface area contributed by atoms with Crippen LogP contribution in [0.25, 0.3) is 0 Å². The van der Waals surface area contributed by atoms with E-state index in [1.807, 2.05) is 0 Å². The van der Waals surface area contributed by atoms with Gasteiger partial charge in [-0.15, -0.1) is 0 Å². The maximum Gasteiger partial charge on any atom is 0.241 e. The predicted molar refractivity (Wildman–Crippen MR) is 127 cm³/mol. The van der Waals surface area contributed by atoms with Gasteiger partial charge in [-0.05, 0) is 42.0 Å². The molecular weight excluding hydrogens is 541 g/mol. The number of benzene rings is 3. The van der Waals surface area contributed by atoms with Gasteiger partial charge in [0.1, 0.15) is 5.82 Å². The molecule has 2 fully saturated rings. The van der Waals surface area contributed by atoms with E-state index in [2.05, 4.69) is 15.9 Å². The van der Waals surface area contributed by atoms with E-state index in [0.29, 0.717) is 11.3 Å². The molecular formula is C26H14BrClFNO5. The molecule has 1 spiro atoms. The second kappa shape index (κ2) is 7.65. The third-order valence-electron chi connectivity index (χ3n) is 6.88. The Morgan fingerprint density at radius 1 is 0.886 bits per heavy atom. The Bertz CT molecular complexity index is 1440. The second-order valence-corrected chi connectivity index (χ2v) is 9.97. The lowest BCUT2D eigenvalue weighted by atomic mass is 9.77. The number of carbonyl (C=O) groups is 4. The van der Waals surface area contributed by atoms with E-state index in [0.717, 1.165) is 15.4 Å².